The molecule has 0 atom stereocenters. The summed E-state index contributed by atoms with van der Waals surface area (Å²) in [6.07, 6.45) is 2.39. The Bertz CT molecular complexity index is 672. The molecular formula is C14H19ClN5O+. The summed E-state index contributed by atoms with van der Waals surface area (Å²) >= 11 is 6.11. The van der Waals surface area contributed by atoms with Crippen LogP contribution >= 0.6 is 11.6 Å². The van der Waals surface area contributed by atoms with Crippen molar-refractivity contribution in [3.63, 3.8) is 0 Å². The summed E-state index contributed by atoms with van der Waals surface area (Å²) in [4.78, 5) is 13.8. The number of tetrazole rings is 1. The molecule has 0 bridgehead atoms. The number of hydrogen-bond donors (Lipinski definition) is 1. The molecule has 2 heterocycles. The Kier molecular flexibility index (Phi) is 4.07. The van der Waals surface area contributed by atoms with Gasteiger partial charge in [-0.25, -0.2) is 4.79 Å². The van der Waals surface area contributed by atoms with E-state index in [9.17, 15) is 4.79 Å². The third-order valence-corrected chi connectivity index (χ3v) is 4.39. The van der Waals surface area contributed by atoms with Crippen molar-refractivity contribution in [3.05, 3.63) is 39.8 Å². The van der Waals surface area contributed by atoms with Gasteiger partial charge in [-0.3, -0.25) is 0 Å². The van der Waals surface area contributed by atoms with Crippen molar-refractivity contribution in [3.8, 4) is 5.69 Å². The number of halogens is 1. The molecule has 2 aromatic rings. The zero-order chi connectivity index (χ0) is 14.8. The topological polar surface area (TPSA) is 57.2 Å². The molecule has 0 amide bonds. The molecule has 1 fully saturated rings. The average molecular weight is 309 g/mol. The second-order valence-electron chi connectivity index (χ2n) is 5.71. The van der Waals surface area contributed by atoms with Gasteiger partial charge in [-0.2, -0.15) is 4.68 Å². The van der Waals surface area contributed by atoms with E-state index in [4.69, 9.17) is 11.6 Å². The highest BCUT2D eigenvalue weighted by atomic mass is 35.5. The minimum Gasteiger partial charge on any atom is -0.316 e. The number of benzene rings is 1. The summed E-state index contributed by atoms with van der Waals surface area (Å²) in [7, 11) is 0. The van der Waals surface area contributed by atoms with Crippen LogP contribution in [0.2, 0.25) is 5.02 Å². The SMILES string of the molecule is CC1CC[NH+](Cn2nnn(-c3ccccc3Cl)c2=O)CC1. The Labute approximate surface area is 127 Å². The highest BCUT2D eigenvalue weighted by Gasteiger charge is 2.21. The zero-order valence-electron chi connectivity index (χ0n) is 12.0. The van der Waals surface area contributed by atoms with E-state index in [0.29, 0.717) is 17.4 Å². The minimum absolute atomic E-state index is 0.241. The highest BCUT2D eigenvalue weighted by Crippen LogP contribution is 2.16. The molecular weight excluding hydrogens is 290 g/mol. The third-order valence-electron chi connectivity index (χ3n) is 4.07. The maximum atomic E-state index is 12.4. The molecule has 0 radical (unpaired) electrons. The molecule has 1 saturated heterocycles. The smallest absolute Gasteiger partial charge is 0.316 e. The lowest BCUT2D eigenvalue weighted by atomic mass is 10.00. The largest absolute Gasteiger partial charge is 0.373 e. The van der Waals surface area contributed by atoms with Crippen LogP contribution in [0.15, 0.2) is 29.1 Å². The summed E-state index contributed by atoms with van der Waals surface area (Å²) in [6, 6.07) is 7.14. The minimum atomic E-state index is -0.241. The lowest BCUT2D eigenvalue weighted by molar-refractivity contribution is -0.929. The first-order valence-electron chi connectivity index (χ1n) is 7.26. The molecule has 21 heavy (non-hydrogen) atoms. The molecule has 6 nitrogen and oxygen atoms in total. The summed E-state index contributed by atoms with van der Waals surface area (Å²) in [5, 5.41) is 8.42. The number of aromatic nitrogens is 4. The van der Waals surface area contributed by atoms with Gasteiger partial charge in [0.15, 0.2) is 6.67 Å². The fraction of sp³-hybridized carbons (Fsp3) is 0.500. The maximum absolute atomic E-state index is 12.4. The van der Waals surface area contributed by atoms with Crippen LogP contribution in [0.1, 0.15) is 19.8 Å². The Morgan fingerprint density at radius 3 is 2.71 bits per heavy atom. The van der Waals surface area contributed by atoms with Crippen LogP contribution in [0.3, 0.4) is 0 Å². The van der Waals surface area contributed by atoms with E-state index in [0.717, 1.165) is 19.0 Å². The van der Waals surface area contributed by atoms with Crippen molar-refractivity contribution in [2.45, 2.75) is 26.4 Å². The van der Waals surface area contributed by atoms with Crippen molar-refractivity contribution >= 4 is 11.6 Å². The molecule has 7 heteroatoms. The lowest BCUT2D eigenvalue weighted by Crippen LogP contribution is -3.12. The van der Waals surface area contributed by atoms with Crippen LogP contribution in [0.25, 0.3) is 5.69 Å². The molecule has 0 aliphatic carbocycles. The Balaban J connectivity index is 1.80. The van der Waals surface area contributed by atoms with Crippen LogP contribution in [-0.4, -0.2) is 32.9 Å². The van der Waals surface area contributed by atoms with Crippen LogP contribution in [0.4, 0.5) is 0 Å². The quantitative estimate of drug-likeness (QED) is 0.890. The van der Waals surface area contributed by atoms with Gasteiger partial charge in [0.05, 0.1) is 23.8 Å². The van der Waals surface area contributed by atoms with Gasteiger partial charge >= 0.3 is 5.69 Å². The number of para-hydroxylation sites is 1. The molecule has 112 valence electrons. The van der Waals surface area contributed by atoms with Gasteiger partial charge in [-0.05, 0) is 41.3 Å². The number of quaternary nitrogens is 1. The molecule has 1 aromatic heterocycles. The first-order chi connectivity index (χ1) is 10.1. The van der Waals surface area contributed by atoms with Crippen molar-refractivity contribution in [2.24, 2.45) is 5.92 Å². The predicted molar refractivity (Wildman–Crippen MR) is 79.7 cm³/mol. The summed E-state index contributed by atoms with van der Waals surface area (Å²) in [6.45, 7) is 4.99. The van der Waals surface area contributed by atoms with E-state index in [1.54, 1.807) is 12.1 Å². The number of hydrogen-bond acceptors (Lipinski definition) is 3. The van der Waals surface area contributed by atoms with Crippen molar-refractivity contribution in [1.82, 2.24) is 19.8 Å². The van der Waals surface area contributed by atoms with E-state index in [-0.39, 0.29) is 5.69 Å². The van der Waals surface area contributed by atoms with Crippen molar-refractivity contribution in [1.29, 1.82) is 0 Å². The summed E-state index contributed by atoms with van der Waals surface area (Å²) < 4.78 is 2.68. The van der Waals surface area contributed by atoms with Crippen LogP contribution in [0, 0.1) is 5.92 Å². The molecule has 0 spiro atoms. The molecule has 0 saturated carbocycles. The normalized spacial score (nSPS) is 22.4. The fourth-order valence-electron chi connectivity index (χ4n) is 2.69. The molecule has 1 aromatic carbocycles. The van der Waals surface area contributed by atoms with Gasteiger partial charge in [-0.1, -0.05) is 30.7 Å². The highest BCUT2D eigenvalue weighted by molar-refractivity contribution is 6.32. The van der Waals surface area contributed by atoms with Crippen LogP contribution in [-0.2, 0) is 6.67 Å². The first kappa shape index (κ1) is 14.3. The van der Waals surface area contributed by atoms with E-state index < -0.39 is 0 Å². The van der Waals surface area contributed by atoms with E-state index in [1.165, 1.54) is 27.1 Å². The second kappa shape index (κ2) is 5.99. The maximum Gasteiger partial charge on any atom is 0.373 e. The molecule has 1 N–H and O–H groups in total. The monoisotopic (exact) mass is 308 g/mol. The predicted octanol–water partition coefficient (Wildman–Crippen LogP) is 0.355. The number of piperidine rings is 1. The van der Waals surface area contributed by atoms with E-state index in [2.05, 4.69) is 17.4 Å². The molecule has 0 unspecified atom stereocenters. The van der Waals surface area contributed by atoms with E-state index >= 15 is 0 Å². The summed E-state index contributed by atoms with van der Waals surface area (Å²) in [5.41, 5.74) is 0.326. The van der Waals surface area contributed by atoms with Gasteiger partial charge in [0.2, 0.25) is 0 Å². The van der Waals surface area contributed by atoms with Crippen LogP contribution < -0.4 is 10.6 Å². The fourth-order valence-corrected chi connectivity index (χ4v) is 2.90. The second-order valence-corrected chi connectivity index (χ2v) is 6.12. The third kappa shape index (κ3) is 3.01. The van der Waals surface area contributed by atoms with Crippen molar-refractivity contribution in [2.75, 3.05) is 13.1 Å². The number of rotatable bonds is 3. The average Bonchev–Trinajstić information content (AvgIpc) is 2.83. The van der Waals surface area contributed by atoms with Gasteiger partial charge in [-0.15, -0.1) is 4.68 Å². The Hall–Kier alpha value is -1.66. The summed E-state index contributed by atoms with van der Waals surface area (Å²) in [5.74, 6) is 0.782. The molecule has 1 aliphatic rings. The molecule has 1 aliphatic heterocycles. The Morgan fingerprint density at radius 1 is 1.29 bits per heavy atom. The lowest BCUT2D eigenvalue weighted by Gasteiger charge is -2.26. The zero-order valence-corrected chi connectivity index (χ0v) is 12.8. The van der Waals surface area contributed by atoms with Gasteiger partial charge in [0.25, 0.3) is 0 Å². The van der Waals surface area contributed by atoms with Crippen molar-refractivity contribution < 1.29 is 4.90 Å². The Morgan fingerprint density at radius 2 is 2.00 bits per heavy atom. The van der Waals surface area contributed by atoms with Gasteiger partial charge in [0, 0.05) is 0 Å². The van der Waals surface area contributed by atoms with E-state index in [1.807, 2.05) is 12.1 Å². The van der Waals surface area contributed by atoms with Gasteiger partial charge in [0.1, 0.15) is 0 Å². The first-order valence-corrected chi connectivity index (χ1v) is 7.64. The molecule has 3 rings (SSSR count). The van der Waals surface area contributed by atoms with Gasteiger partial charge < -0.3 is 4.90 Å². The number of nitrogens with zero attached hydrogens (tertiary/aromatic N) is 4. The number of nitrogens with one attached hydrogen (secondary N) is 1. The standard InChI is InChI=1S/C14H18ClN5O/c1-11-6-8-18(9-7-11)10-19-14(21)20(17-16-19)13-5-3-2-4-12(13)15/h2-5,11H,6-10H2,1H3/p+1. The number of likely N-dealkylation sites (tertiary alicyclic amines) is 1. The van der Waals surface area contributed by atoms with Crippen LogP contribution in [0.5, 0.6) is 0 Å².